The van der Waals surface area contributed by atoms with Gasteiger partial charge in [-0.25, -0.2) is 8.42 Å². The topological polar surface area (TPSA) is 62.6 Å². The average Bonchev–Trinajstić information content (AvgIpc) is 2.86. The van der Waals surface area contributed by atoms with Gasteiger partial charge >= 0.3 is 0 Å². The lowest BCUT2D eigenvalue weighted by Crippen LogP contribution is -2.38. The van der Waals surface area contributed by atoms with E-state index in [0.29, 0.717) is 37.4 Å². The van der Waals surface area contributed by atoms with E-state index < -0.39 is 10.0 Å². The molecular weight excluding hydrogens is 276 g/mol. The summed E-state index contributed by atoms with van der Waals surface area (Å²) >= 11 is 0. The van der Waals surface area contributed by atoms with Gasteiger partial charge in [0.1, 0.15) is 5.76 Å². The molecule has 1 atom stereocenters. The van der Waals surface area contributed by atoms with Crippen molar-refractivity contribution in [3.05, 3.63) is 17.9 Å². The fourth-order valence-electron chi connectivity index (χ4n) is 2.39. The molecule has 0 bridgehead atoms. The van der Waals surface area contributed by atoms with Crippen LogP contribution < -0.4 is 5.32 Å². The number of hydrogen-bond donors (Lipinski definition) is 1. The van der Waals surface area contributed by atoms with Crippen molar-refractivity contribution in [1.29, 1.82) is 0 Å². The largest absolute Gasteiger partial charge is 0.447 e. The summed E-state index contributed by atoms with van der Waals surface area (Å²) in [6.07, 6.45) is 2.01. The maximum Gasteiger partial charge on any atom is 0.276 e. The van der Waals surface area contributed by atoms with Crippen LogP contribution >= 0.6 is 0 Å². The van der Waals surface area contributed by atoms with Crippen LogP contribution in [0.1, 0.15) is 39.4 Å². The van der Waals surface area contributed by atoms with Crippen LogP contribution in [0.4, 0.5) is 0 Å². The molecule has 1 saturated heterocycles. The third-order valence-electron chi connectivity index (χ3n) is 3.54. The van der Waals surface area contributed by atoms with Crippen LogP contribution in [0, 0.1) is 5.92 Å². The van der Waals surface area contributed by atoms with E-state index in [4.69, 9.17) is 4.42 Å². The second-order valence-electron chi connectivity index (χ2n) is 5.87. The first-order valence-electron chi connectivity index (χ1n) is 7.22. The van der Waals surface area contributed by atoms with Crippen LogP contribution in [-0.4, -0.2) is 31.9 Å². The Kier molecular flexibility index (Phi) is 4.88. The van der Waals surface area contributed by atoms with Crippen LogP contribution in [0.2, 0.25) is 0 Å². The Bertz CT molecular complexity index is 536. The second kappa shape index (κ2) is 6.28. The van der Waals surface area contributed by atoms with Gasteiger partial charge < -0.3 is 9.73 Å². The lowest BCUT2D eigenvalue weighted by atomic mass is 10.0. The van der Waals surface area contributed by atoms with E-state index in [-0.39, 0.29) is 5.09 Å². The number of nitrogens with one attached hydrogen (secondary N) is 1. The van der Waals surface area contributed by atoms with E-state index >= 15 is 0 Å². The molecule has 0 amide bonds. The molecule has 2 heterocycles. The Morgan fingerprint density at radius 1 is 1.45 bits per heavy atom. The minimum Gasteiger partial charge on any atom is -0.447 e. The molecule has 1 fully saturated rings. The van der Waals surface area contributed by atoms with Crippen LogP contribution in [-0.2, 0) is 16.6 Å². The lowest BCUT2D eigenvalue weighted by molar-refractivity contribution is 0.273. The summed E-state index contributed by atoms with van der Waals surface area (Å²) < 4.78 is 32.0. The van der Waals surface area contributed by atoms with Gasteiger partial charge in [-0.2, -0.15) is 4.31 Å². The molecule has 0 radical (unpaired) electrons. The highest BCUT2D eigenvalue weighted by molar-refractivity contribution is 7.89. The van der Waals surface area contributed by atoms with Crippen LogP contribution in [0.3, 0.4) is 0 Å². The van der Waals surface area contributed by atoms with E-state index in [1.165, 1.54) is 0 Å². The number of hydrogen-bond acceptors (Lipinski definition) is 4. The molecule has 114 valence electrons. The quantitative estimate of drug-likeness (QED) is 0.905. The Morgan fingerprint density at radius 2 is 2.20 bits per heavy atom. The van der Waals surface area contributed by atoms with E-state index in [2.05, 4.69) is 12.2 Å². The first-order chi connectivity index (χ1) is 9.39. The van der Waals surface area contributed by atoms with Crippen molar-refractivity contribution in [3.8, 4) is 0 Å². The van der Waals surface area contributed by atoms with Crippen molar-refractivity contribution in [2.75, 3.05) is 13.1 Å². The minimum atomic E-state index is -3.47. The highest BCUT2D eigenvalue weighted by Crippen LogP contribution is 2.24. The predicted molar refractivity (Wildman–Crippen MR) is 77.8 cm³/mol. The van der Waals surface area contributed by atoms with Gasteiger partial charge in [-0.15, -0.1) is 0 Å². The number of nitrogens with zero attached hydrogens (tertiary/aromatic N) is 1. The summed E-state index contributed by atoms with van der Waals surface area (Å²) in [6.45, 7) is 7.88. The Morgan fingerprint density at radius 3 is 2.85 bits per heavy atom. The summed E-state index contributed by atoms with van der Waals surface area (Å²) in [7, 11) is -3.47. The lowest BCUT2D eigenvalue weighted by Gasteiger charge is -2.29. The number of furan rings is 1. The van der Waals surface area contributed by atoms with E-state index in [1.807, 2.05) is 13.8 Å². The van der Waals surface area contributed by atoms with Crippen molar-refractivity contribution >= 4 is 10.0 Å². The van der Waals surface area contributed by atoms with Crippen LogP contribution in [0.15, 0.2) is 21.6 Å². The molecule has 1 aliphatic rings. The molecule has 1 aromatic rings. The monoisotopic (exact) mass is 300 g/mol. The number of sulfonamides is 1. The van der Waals surface area contributed by atoms with Gasteiger partial charge in [0.25, 0.3) is 10.0 Å². The minimum absolute atomic E-state index is 0.0622. The molecular formula is C14H24N2O3S. The second-order valence-corrected chi connectivity index (χ2v) is 7.74. The zero-order valence-corrected chi connectivity index (χ0v) is 13.2. The van der Waals surface area contributed by atoms with Gasteiger partial charge in [-0.3, -0.25) is 0 Å². The van der Waals surface area contributed by atoms with E-state index in [9.17, 15) is 8.42 Å². The van der Waals surface area contributed by atoms with Crippen molar-refractivity contribution in [3.63, 3.8) is 0 Å². The van der Waals surface area contributed by atoms with Gasteiger partial charge in [-0.1, -0.05) is 20.8 Å². The number of piperidine rings is 1. The first-order valence-corrected chi connectivity index (χ1v) is 8.66. The van der Waals surface area contributed by atoms with Gasteiger partial charge in [0.2, 0.25) is 5.09 Å². The Labute approximate surface area is 121 Å². The highest BCUT2D eigenvalue weighted by Gasteiger charge is 2.31. The van der Waals surface area contributed by atoms with E-state index in [0.717, 1.165) is 12.8 Å². The molecule has 0 spiro atoms. The average molecular weight is 300 g/mol. The third-order valence-corrected chi connectivity index (χ3v) is 5.27. The molecule has 0 saturated carbocycles. The summed E-state index contributed by atoms with van der Waals surface area (Å²) in [5, 5.41) is 3.27. The van der Waals surface area contributed by atoms with Gasteiger partial charge in [-0.05, 0) is 30.9 Å². The normalized spacial score (nSPS) is 21.5. The maximum absolute atomic E-state index is 12.5. The fourth-order valence-corrected chi connectivity index (χ4v) is 3.92. The first kappa shape index (κ1) is 15.5. The summed E-state index contributed by atoms with van der Waals surface area (Å²) in [5.41, 5.74) is 0. The molecule has 1 N–H and O–H groups in total. The molecule has 20 heavy (non-hydrogen) atoms. The molecule has 1 unspecified atom stereocenters. The molecule has 0 aliphatic carbocycles. The molecule has 1 aliphatic heterocycles. The Hall–Kier alpha value is -0.850. The maximum atomic E-state index is 12.5. The van der Waals surface area contributed by atoms with Crippen molar-refractivity contribution in [2.24, 2.45) is 5.92 Å². The predicted octanol–water partition coefficient (Wildman–Crippen LogP) is 2.20. The van der Waals surface area contributed by atoms with Gasteiger partial charge in [0.15, 0.2) is 0 Å². The zero-order valence-electron chi connectivity index (χ0n) is 12.4. The van der Waals surface area contributed by atoms with Crippen LogP contribution in [0.5, 0.6) is 0 Å². The summed E-state index contributed by atoms with van der Waals surface area (Å²) in [6, 6.07) is 3.63. The van der Waals surface area contributed by atoms with Crippen LogP contribution in [0.25, 0.3) is 0 Å². The fraction of sp³-hybridized carbons (Fsp3) is 0.714. The molecule has 2 rings (SSSR count). The van der Waals surface area contributed by atoms with E-state index in [1.54, 1.807) is 16.4 Å². The molecule has 0 aromatic carbocycles. The smallest absolute Gasteiger partial charge is 0.276 e. The molecule has 5 nitrogen and oxygen atoms in total. The zero-order chi connectivity index (χ0) is 14.8. The van der Waals surface area contributed by atoms with Crippen molar-refractivity contribution < 1.29 is 12.8 Å². The summed E-state index contributed by atoms with van der Waals surface area (Å²) in [5.74, 6) is 1.07. The molecule has 1 aromatic heterocycles. The van der Waals surface area contributed by atoms with Gasteiger partial charge in [0.05, 0.1) is 6.54 Å². The molecule has 6 heteroatoms. The highest BCUT2D eigenvalue weighted by atomic mass is 32.2. The van der Waals surface area contributed by atoms with Crippen molar-refractivity contribution in [1.82, 2.24) is 9.62 Å². The Balaban J connectivity index is 2.09. The third kappa shape index (κ3) is 3.62. The summed E-state index contributed by atoms with van der Waals surface area (Å²) in [4.78, 5) is 0. The standard InChI is InChI=1S/C14H24N2O3S/c1-11(2)15-9-13-6-7-14(19-13)20(17,18)16-8-4-5-12(3)10-16/h6-7,11-12,15H,4-5,8-10H2,1-3H3. The van der Waals surface area contributed by atoms with Gasteiger partial charge in [0, 0.05) is 19.1 Å². The number of rotatable bonds is 5. The van der Waals surface area contributed by atoms with Crippen molar-refractivity contribution in [2.45, 2.75) is 51.3 Å². The SMILES string of the molecule is CC1CCCN(S(=O)(=O)c2ccc(CNC(C)C)o2)C1.